The molecular weight excluding hydrogens is 438 g/mol. The van der Waals surface area contributed by atoms with Crippen LogP contribution in [0.1, 0.15) is 42.4 Å². The molecule has 174 valence electrons. The van der Waals surface area contributed by atoms with Crippen molar-refractivity contribution < 1.29 is 13.3 Å². The fraction of sp³-hybridized carbons (Fsp3) is 0.333. The first-order chi connectivity index (χ1) is 15.9. The number of hydrogen-bond acceptors (Lipinski definition) is 3. The van der Waals surface area contributed by atoms with Gasteiger partial charge in [-0.15, -0.1) is 4.72 Å². The van der Waals surface area contributed by atoms with Crippen LogP contribution in [-0.2, 0) is 17.8 Å². The molecule has 3 unspecified atom stereocenters. The Balaban J connectivity index is 1.56. The number of benzene rings is 3. The molecule has 3 atom stereocenters. The van der Waals surface area contributed by atoms with Gasteiger partial charge in [-0.05, 0) is 85.9 Å². The van der Waals surface area contributed by atoms with Crippen molar-refractivity contribution in [1.82, 2.24) is 9.62 Å². The van der Waals surface area contributed by atoms with Crippen LogP contribution in [0.3, 0.4) is 0 Å². The Kier molecular flexibility index (Phi) is 7.81. The molecule has 1 aliphatic rings. The molecule has 3 aromatic carbocycles. The van der Waals surface area contributed by atoms with Crippen LogP contribution in [0.5, 0.6) is 0 Å². The quantitative estimate of drug-likeness (QED) is 0.470. The van der Waals surface area contributed by atoms with E-state index in [1.807, 2.05) is 48.5 Å². The van der Waals surface area contributed by atoms with Gasteiger partial charge in [-0.1, -0.05) is 43.3 Å². The number of likely N-dealkylation sites (N-methyl/N-ethyl adjacent to an activating group) is 1. The van der Waals surface area contributed by atoms with Crippen LogP contribution in [0.2, 0.25) is 0 Å². The molecular formula is C27H30F2N2OS. The molecule has 1 aliphatic heterocycles. The lowest BCUT2D eigenvalue weighted by molar-refractivity contribution is 0.150. The molecule has 6 heteroatoms. The Morgan fingerprint density at radius 1 is 0.939 bits per heavy atom. The number of halogens is 2. The second kappa shape index (κ2) is 10.8. The molecule has 0 aromatic heterocycles. The zero-order chi connectivity index (χ0) is 23.4. The number of rotatable bonds is 7. The van der Waals surface area contributed by atoms with Crippen LogP contribution in [0, 0.1) is 11.6 Å². The van der Waals surface area contributed by atoms with Crippen molar-refractivity contribution in [3.63, 3.8) is 0 Å². The molecule has 0 aliphatic carbocycles. The highest BCUT2D eigenvalue weighted by molar-refractivity contribution is 7.89. The number of nitrogens with zero attached hydrogens (tertiary/aromatic N) is 1. The zero-order valence-corrected chi connectivity index (χ0v) is 19.8. The van der Waals surface area contributed by atoms with Crippen molar-refractivity contribution in [3.05, 3.63) is 101 Å². The largest absolute Gasteiger partial charge is 0.593 e. The molecule has 1 heterocycles. The van der Waals surface area contributed by atoms with Crippen molar-refractivity contribution in [2.75, 3.05) is 13.6 Å². The molecule has 0 amide bonds. The third-order valence-corrected chi connectivity index (χ3v) is 7.83. The number of piperidine rings is 1. The van der Waals surface area contributed by atoms with Crippen molar-refractivity contribution in [3.8, 4) is 0 Å². The molecule has 0 saturated carbocycles. The predicted molar refractivity (Wildman–Crippen MR) is 129 cm³/mol. The summed E-state index contributed by atoms with van der Waals surface area (Å²) in [4.78, 5) is 3.07. The van der Waals surface area contributed by atoms with Crippen LogP contribution in [0.4, 0.5) is 8.78 Å². The van der Waals surface area contributed by atoms with Gasteiger partial charge < -0.3 is 9.45 Å². The van der Waals surface area contributed by atoms with Crippen LogP contribution in [-0.4, -0.2) is 35.1 Å². The molecule has 1 fully saturated rings. The number of nitrogens with one attached hydrogen (secondary N) is 1. The standard InChI is InChI=1S/C27H30F2N2OS/c1-3-19-4-14-25(15-5-19)33(32)30-24-16-17-31(2)26(18-24)27(20-6-10-22(28)11-7-20)21-8-12-23(29)13-9-21/h4-15,24,26-27,30H,3,16-18H2,1-2H3. The Morgan fingerprint density at radius 3 is 2.00 bits per heavy atom. The molecule has 33 heavy (non-hydrogen) atoms. The molecule has 3 aromatic rings. The van der Waals surface area contributed by atoms with Gasteiger partial charge in [0.2, 0.25) is 0 Å². The van der Waals surface area contributed by atoms with E-state index >= 15 is 0 Å². The van der Waals surface area contributed by atoms with Crippen molar-refractivity contribution in [2.24, 2.45) is 0 Å². The van der Waals surface area contributed by atoms with Gasteiger partial charge in [-0.25, -0.2) is 8.78 Å². The number of aryl methyl sites for hydroxylation is 1. The van der Waals surface area contributed by atoms with E-state index in [1.54, 1.807) is 0 Å². The fourth-order valence-electron chi connectivity index (χ4n) is 4.66. The van der Waals surface area contributed by atoms with Gasteiger partial charge in [0.25, 0.3) is 0 Å². The van der Waals surface area contributed by atoms with Crippen molar-refractivity contribution in [1.29, 1.82) is 0 Å². The Bertz CT molecular complexity index is 982. The third kappa shape index (κ3) is 5.82. The van der Waals surface area contributed by atoms with E-state index < -0.39 is 11.4 Å². The second-order valence-corrected chi connectivity index (χ2v) is 9.98. The normalized spacial score (nSPS) is 20.2. The average Bonchev–Trinajstić information content (AvgIpc) is 2.83. The Labute approximate surface area is 198 Å². The van der Waals surface area contributed by atoms with Gasteiger partial charge in [0, 0.05) is 12.0 Å². The maximum atomic E-state index is 13.6. The maximum Gasteiger partial charge on any atom is 0.173 e. The van der Waals surface area contributed by atoms with E-state index in [0.29, 0.717) is 0 Å². The van der Waals surface area contributed by atoms with Gasteiger partial charge in [0.05, 0.1) is 17.4 Å². The lowest BCUT2D eigenvalue weighted by atomic mass is 9.79. The van der Waals surface area contributed by atoms with E-state index in [9.17, 15) is 13.3 Å². The summed E-state index contributed by atoms with van der Waals surface area (Å²) in [7, 11) is 2.08. The molecule has 0 radical (unpaired) electrons. The lowest BCUT2D eigenvalue weighted by Gasteiger charge is -2.41. The molecule has 4 rings (SSSR count). The minimum atomic E-state index is -1.29. The van der Waals surface area contributed by atoms with Crippen LogP contribution >= 0.6 is 0 Å². The molecule has 0 spiro atoms. The molecule has 0 bridgehead atoms. The van der Waals surface area contributed by atoms with Crippen molar-refractivity contribution >= 4 is 11.4 Å². The van der Waals surface area contributed by atoms with Crippen LogP contribution in [0.25, 0.3) is 0 Å². The predicted octanol–water partition coefficient (Wildman–Crippen LogP) is 5.43. The van der Waals surface area contributed by atoms with E-state index in [-0.39, 0.29) is 29.6 Å². The highest BCUT2D eigenvalue weighted by Crippen LogP contribution is 2.36. The van der Waals surface area contributed by atoms with E-state index in [2.05, 4.69) is 23.6 Å². The summed E-state index contributed by atoms with van der Waals surface area (Å²) in [6, 6.07) is 21.2. The fourth-order valence-corrected chi connectivity index (χ4v) is 5.69. The minimum absolute atomic E-state index is 0.0573. The van der Waals surface area contributed by atoms with Crippen molar-refractivity contribution in [2.45, 2.75) is 49.1 Å². The maximum absolute atomic E-state index is 13.6. The monoisotopic (exact) mass is 468 g/mol. The Hall–Kier alpha value is -2.25. The first-order valence-electron chi connectivity index (χ1n) is 11.4. The van der Waals surface area contributed by atoms with Gasteiger partial charge in [-0.3, -0.25) is 0 Å². The zero-order valence-electron chi connectivity index (χ0n) is 19.0. The van der Waals surface area contributed by atoms with Crippen LogP contribution in [0.15, 0.2) is 77.7 Å². The first-order valence-corrected chi connectivity index (χ1v) is 12.6. The second-order valence-electron chi connectivity index (χ2n) is 8.73. The van der Waals surface area contributed by atoms with E-state index in [1.165, 1.54) is 29.8 Å². The molecule has 1 N–H and O–H groups in total. The topological polar surface area (TPSA) is 38.3 Å². The summed E-state index contributed by atoms with van der Waals surface area (Å²) in [6.45, 7) is 2.94. The summed E-state index contributed by atoms with van der Waals surface area (Å²) in [5, 5.41) is 0. The molecule has 3 nitrogen and oxygen atoms in total. The summed E-state index contributed by atoms with van der Waals surface area (Å²) in [5.41, 5.74) is 3.19. The van der Waals surface area contributed by atoms with E-state index in [0.717, 1.165) is 41.8 Å². The molecule has 1 saturated heterocycles. The minimum Gasteiger partial charge on any atom is -0.593 e. The first kappa shape index (κ1) is 23.9. The summed E-state index contributed by atoms with van der Waals surface area (Å²) < 4.78 is 43.6. The third-order valence-electron chi connectivity index (χ3n) is 6.58. The highest BCUT2D eigenvalue weighted by Gasteiger charge is 2.35. The van der Waals surface area contributed by atoms with E-state index in [4.69, 9.17) is 0 Å². The summed E-state index contributed by atoms with van der Waals surface area (Å²) >= 11 is -1.29. The Morgan fingerprint density at radius 2 is 1.48 bits per heavy atom. The number of hydrogen-bond donors (Lipinski definition) is 1. The van der Waals surface area contributed by atoms with Crippen LogP contribution < -0.4 is 4.72 Å². The van der Waals surface area contributed by atoms with Gasteiger partial charge in [0.1, 0.15) is 11.6 Å². The highest BCUT2D eigenvalue weighted by atomic mass is 32.2. The smallest absolute Gasteiger partial charge is 0.173 e. The lowest BCUT2D eigenvalue weighted by Crippen LogP contribution is -2.50. The van der Waals surface area contributed by atoms with Gasteiger partial charge in [0.15, 0.2) is 4.90 Å². The average molecular weight is 469 g/mol. The van der Waals surface area contributed by atoms with Gasteiger partial charge >= 0.3 is 0 Å². The summed E-state index contributed by atoms with van der Waals surface area (Å²) in [5.74, 6) is -0.617. The SMILES string of the molecule is CCc1ccc([S+]([O-])NC2CCN(C)C(C(c3ccc(F)cc3)c3ccc(F)cc3)C2)cc1. The number of likely N-dealkylation sites (tertiary alicyclic amines) is 1. The van der Waals surface area contributed by atoms with Gasteiger partial charge in [-0.2, -0.15) is 0 Å². The summed E-state index contributed by atoms with van der Waals surface area (Å²) in [6.07, 6.45) is 2.60.